The molecule has 0 aliphatic carbocycles. The molecule has 1 fully saturated rings. The van der Waals surface area contributed by atoms with Crippen molar-refractivity contribution in [3.8, 4) is 0 Å². The molecule has 0 saturated carbocycles. The Morgan fingerprint density at radius 2 is 1.92 bits per heavy atom. The molecule has 1 aromatic carbocycles. The molecule has 0 spiro atoms. The number of thioether (sulfide) groups is 1. The molecule has 1 aromatic heterocycles. The number of anilines is 1. The largest absolute Gasteiger partial charge is 0.378 e. The molecule has 1 saturated heterocycles. The third kappa shape index (κ3) is 2.67. The number of pyridine rings is 1. The van der Waals surface area contributed by atoms with E-state index in [0.29, 0.717) is 5.25 Å². The third-order valence-electron chi connectivity index (χ3n) is 4.63. The number of rotatable bonds is 3. The van der Waals surface area contributed by atoms with E-state index in [1.165, 1.54) is 16.4 Å². The molecule has 3 heterocycles. The number of hydrogen-bond acceptors (Lipinski definition) is 5. The fourth-order valence-corrected chi connectivity index (χ4v) is 4.54. The second-order valence-electron chi connectivity index (χ2n) is 6.62. The van der Waals surface area contributed by atoms with Crippen molar-refractivity contribution in [2.45, 2.75) is 24.3 Å². The first-order valence-electron chi connectivity index (χ1n) is 8.33. The summed E-state index contributed by atoms with van der Waals surface area (Å²) in [6.07, 6.45) is 1.86. The molecule has 0 N–H and O–H groups in total. The Balaban J connectivity index is 1.72. The van der Waals surface area contributed by atoms with E-state index in [1.54, 1.807) is 0 Å². The maximum absolute atomic E-state index is 5.02. The number of fused-ring (bicyclic) bond motifs is 1. The van der Waals surface area contributed by atoms with Crippen LogP contribution in [0.4, 0.5) is 5.69 Å². The van der Waals surface area contributed by atoms with Crippen LogP contribution in [0.3, 0.4) is 0 Å². The van der Waals surface area contributed by atoms with Crippen molar-refractivity contribution in [2.24, 2.45) is 4.99 Å². The topological polar surface area (TPSA) is 31.7 Å². The van der Waals surface area contributed by atoms with E-state index in [0.717, 1.165) is 12.2 Å². The fraction of sp³-hybridized carbons (Fsp3) is 0.368. The average molecular weight is 338 g/mol. The highest BCUT2D eigenvalue weighted by molar-refractivity contribution is 8.14. The second-order valence-corrected chi connectivity index (χ2v) is 8.03. The summed E-state index contributed by atoms with van der Waals surface area (Å²) in [4.78, 5) is 14.2. The summed E-state index contributed by atoms with van der Waals surface area (Å²) >= 11 is 1.88. The first-order chi connectivity index (χ1) is 11.6. The minimum Gasteiger partial charge on any atom is -0.378 e. The molecular weight excluding hydrogens is 316 g/mol. The van der Waals surface area contributed by atoms with E-state index < -0.39 is 0 Å². The lowest BCUT2D eigenvalue weighted by Crippen LogP contribution is -2.28. The summed E-state index contributed by atoms with van der Waals surface area (Å²) in [5, 5.41) is 1.76. The van der Waals surface area contributed by atoms with Gasteiger partial charge in [0.25, 0.3) is 0 Å². The molecule has 124 valence electrons. The highest BCUT2D eigenvalue weighted by atomic mass is 32.2. The molecule has 0 unspecified atom stereocenters. The summed E-state index contributed by atoms with van der Waals surface area (Å²) in [6.45, 7) is 3.32. The number of benzene rings is 1. The number of hydrogen-bond donors (Lipinski definition) is 0. The Morgan fingerprint density at radius 1 is 1.12 bits per heavy atom. The standard InChI is InChI=1S/C19H22N4S/c1-13-12-23-18(14-7-9-15(10-8-14)22(2)3)17(21-19(23)24-13)16-6-4-5-11-20-16/h4-11,13,17-18H,12H2,1-3H3/t13-,17-,18-/m1/s1. The van der Waals surface area contributed by atoms with Gasteiger partial charge in [0.15, 0.2) is 5.17 Å². The van der Waals surface area contributed by atoms with Crippen molar-refractivity contribution in [3.05, 3.63) is 59.9 Å². The minimum atomic E-state index is 0.0754. The van der Waals surface area contributed by atoms with Crippen molar-refractivity contribution in [2.75, 3.05) is 25.5 Å². The van der Waals surface area contributed by atoms with Crippen LogP contribution in [0.15, 0.2) is 53.7 Å². The van der Waals surface area contributed by atoms with Gasteiger partial charge in [0, 0.05) is 37.8 Å². The van der Waals surface area contributed by atoms with Crippen molar-refractivity contribution in [1.82, 2.24) is 9.88 Å². The average Bonchev–Trinajstić information content (AvgIpc) is 3.11. The van der Waals surface area contributed by atoms with Gasteiger partial charge in [0.2, 0.25) is 0 Å². The number of aromatic nitrogens is 1. The molecule has 0 radical (unpaired) electrons. The molecule has 2 aliphatic rings. The summed E-state index contributed by atoms with van der Waals surface area (Å²) in [5.41, 5.74) is 3.58. The van der Waals surface area contributed by atoms with Crippen LogP contribution in [0, 0.1) is 0 Å². The van der Waals surface area contributed by atoms with E-state index in [-0.39, 0.29) is 12.1 Å². The van der Waals surface area contributed by atoms with Gasteiger partial charge >= 0.3 is 0 Å². The van der Waals surface area contributed by atoms with E-state index >= 15 is 0 Å². The molecule has 5 heteroatoms. The van der Waals surface area contributed by atoms with Gasteiger partial charge in [0.05, 0.1) is 11.7 Å². The Morgan fingerprint density at radius 3 is 2.58 bits per heavy atom. The first kappa shape index (κ1) is 15.5. The van der Waals surface area contributed by atoms with Gasteiger partial charge in [-0.1, -0.05) is 36.9 Å². The lowest BCUT2D eigenvalue weighted by atomic mass is 9.96. The fourth-order valence-electron chi connectivity index (χ4n) is 3.45. The molecule has 2 aliphatic heterocycles. The van der Waals surface area contributed by atoms with Gasteiger partial charge in [-0.05, 0) is 29.8 Å². The molecular formula is C19H22N4S. The lowest BCUT2D eigenvalue weighted by molar-refractivity contribution is 0.321. The maximum atomic E-state index is 5.02. The summed E-state index contributed by atoms with van der Waals surface area (Å²) < 4.78 is 0. The SMILES string of the molecule is C[C@@H]1CN2C(=N[C@H](c3ccccn3)[C@H]2c2ccc(N(C)C)cc2)S1. The summed E-state index contributed by atoms with van der Waals surface area (Å²) in [6, 6.07) is 15.3. The zero-order chi connectivity index (χ0) is 16.7. The lowest BCUT2D eigenvalue weighted by Gasteiger charge is -2.27. The molecule has 24 heavy (non-hydrogen) atoms. The van der Waals surface area contributed by atoms with Crippen LogP contribution in [0.5, 0.6) is 0 Å². The Bertz CT molecular complexity index is 742. The van der Waals surface area contributed by atoms with E-state index in [9.17, 15) is 0 Å². The van der Waals surface area contributed by atoms with Crippen molar-refractivity contribution < 1.29 is 0 Å². The molecule has 0 bridgehead atoms. The van der Waals surface area contributed by atoms with Gasteiger partial charge < -0.3 is 9.80 Å². The molecule has 0 amide bonds. The zero-order valence-electron chi connectivity index (χ0n) is 14.3. The highest BCUT2D eigenvalue weighted by Gasteiger charge is 2.43. The minimum absolute atomic E-state index is 0.0754. The first-order valence-corrected chi connectivity index (χ1v) is 9.21. The van der Waals surface area contributed by atoms with Gasteiger partial charge in [-0.3, -0.25) is 9.98 Å². The van der Waals surface area contributed by atoms with Crippen LogP contribution >= 0.6 is 11.8 Å². The Kier molecular flexibility index (Phi) is 3.96. The van der Waals surface area contributed by atoms with Crippen molar-refractivity contribution in [1.29, 1.82) is 0 Å². The molecule has 3 atom stereocenters. The second kappa shape index (κ2) is 6.13. The maximum Gasteiger partial charge on any atom is 0.160 e. The van der Waals surface area contributed by atoms with Crippen LogP contribution in [-0.2, 0) is 0 Å². The van der Waals surface area contributed by atoms with Gasteiger partial charge in [0.1, 0.15) is 6.04 Å². The monoisotopic (exact) mass is 338 g/mol. The van der Waals surface area contributed by atoms with E-state index in [2.05, 4.69) is 66.1 Å². The summed E-state index contributed by atoms with van der Waals surface area (Å²) in [7, 11) is 4.14. The van der Waals surface area contributed by atoms with Crippen LogP contribution in [0.2, 0.25) is 0 Å². The molecule has 4 nitrogen and oxygen atoms in total. The Hall–Kier alpha value is -2.01. The quantitative estimate of drug-likeness (QED) is 0.853. The normalized spacial score (nSPS) is 25.5. The van der Waals surface area contributed by atoms with Crippen LogP contribution in [-0.4, -0.2) is 40.9 Å². The third-order valence-corrected chi connectivity index (χ3v) is 5.73. The zero-order valence-corrected chi connectivity index (χ0v) is 15.1. The van der Waals surface area contributed by atoms with Gasteiger partial charge in [-0.25, -0.2) is 0 Å². The van der Waals surface area contributed by atoms with Crippen LogP contribution in [0.25, 0.3) is 0 Å². The van der Waals surface area contributed by atoms with E-state index in [4.69, 9.17) is 4.99 Å². The van der Waals surface area contributed by atoms with Crippen LogP contribution < -0.4 is 4.90 Å². The predicted molar refractivity (Wildman–Crippen MR) is 102 cm³/mol. The van der Waals surface area contributed by atoms with Crippen molar-refractivity contribution in [3.63, 3.8) is 0 Å². The number of aliphatic imine (C=N–C) groups is 1. The number of nitrogens with zero attached hydrogens (tertiary/aromatic N) is 4. The number of amidine groups is 1. The Labute approximate surface area is 147 Å². The summed E-state index contributed by atoms with van der Waals surface area (Å²) in [5.74, 6) is 0. The smallest absolute Gasteiger partial charge is 0.160 e. The van der Waals surface area contributed by atoms with Gasteiger partial charge in [-0.15, -0.1) is 0 Å². The van der Waals surface area contributed by atoms with Gasteiger partial charge in [-0.2, -0.15) is 0 Å². The van der Waals surface area contributed by atoms with Crippen LogP contribution in [0.1, 0.15) is 30.3 Å². The molecule has 4 rings (SSSR count). The predicted octanol–water partition coefficient (Wildman–Crippen LogP) is 3.74. The van der Waals surface area contributed by atoms with Crippen molar-refractivity contribution >= 4 is 22.6 Å². The molecule has 2 aromatic rings. The van der Waals surface area contributed by atoms with E-state index in [1.807, 2.05) is 30.1 Å². The highest BCUT2D eigenvalue weighted by Crippen LogP contribution is 2.47.